The number of hydrogen-bond donors (Lipinski definition) is 1. The molecular formula is C11H17N3O2. The zero-order valence-electron chi connectivity index (χ0n) is 9.30. The standard InChI is InChI=1S/C11H17N3O2/c15-7-8-3-1-5-14-10(8)12-13-11(14)9-4-2-6-16-9/h8-9,15H,1-7H2. The van der Waals surface area contributed by atoms with Crippen LogP contribution < -0.4 is 0 Å². The van der Waals surface area contributed by atoms with Crippen molar-refractivity contribution in [1.29, 1.82) is 0 Å². The molecule has 0 bridgehead atoms. The van der Waals surface area contributed by atoms with E-state index in [1.807, 2.05) is 0 Å². The first kappa shape index (κ1) is 10.2. The van der Waals surface area contributed by atoms with Crippen molar-refractivity contribution in [3.63, 3.8) is 0 Å². The second kappa shape index (κ2) is 4.14. The zero-order valence-corrected chi connectivity index (χ0v) is 9.30. The van der Waals surface area contributed by atoms with E-state index in [0.717, 1.165) is 50.5 Å². The third-order valence-electron chi connectivity index (χ3n) is 3.55. The van der Waals surface area contributed by atoms with Crippen LogP contribution in [0.5, 0.6) is 0 Å². The largest absolute Gasteiger partial charge is 0.396 e. The average molecular weight is 223 g/mol. The van der Waals surface area contributed by atoms with Crippen molar-refractivity contribution in [1.82, 2.24) is 14.8 Å². The SMILES string of the molecule is OCC1CCCn2c1nnc2C1CCCO1. The Hall–Kier alpha value is -0.940. The summed E-state index contributed by atoms with van der Waals surface area (Å²) >= 11 is 0. The van der Waals surface area contributed by atoms with Crippen LogP contribution in [-0.2, 0) is 11.3 Å². The Balaban J connectivity index is 1.93. The van der Waals surface area contributed by atoms with E-state index < -0.39 is 0 Å². The number of aliphatic hydroxyl groups excluding tert-OH is 1. The minimum atomic E-state index is 0.124. The van der Waals surface area contributed by atoms with Crippen LogP contribution >= 0.6 is 0 Å². The molecule has 5 nitrogen and oxygen atoms in total. The molecule has 0 spiro atoms. The molecule has 1 N–H and O–H groups in total. The van der Waals surface area contributed by atoms with Crippen molar-refractivity contribution in [2.75, 3.05) is 13.2 Å². The van der Waals surface area contributed by atoms with Crippen molar-refractivity contribution < 1.29 is 9.84 Å². The molecular weight excluding hydrogens is 206 g/mol. The maximum absolute atomic E-state index is 9.30. The predicted octanol–water partition coefficient (Wildman–Crippen LogP) is 0.999. The van der Waals surface area contributed by atoms with Crippen LogP contribution in [0.15, 0.2) is 0 Å². The smallest absolute Gasteiger partial charge is 0.162 e. The Bertz CT molecular complexity index is 371. The summed E-state index contributed by atoms with van der Waals surface area (Å²) in [6.07, 6.45) is 4.38. The highest BCUT2D eigenvalue weighted by Gasteiger charge is 2.29. The molecule has 88 valence electrons. The molecule has 0 aromatic carbocycles. The van der Waals surface area contributed by atoms with E-state index in [-0.39, 0.29) is 18.6 Å². The molecule has 0 aliphatic carbocycles. The first-order valence-corrected chi connectivity index (χ1v) is 6.05. The number of ether oxygens (including phenoxy) is 1. The summed E-state index contributed by atoms with van der Waals surface area (Å²) in [6, 6.07) is 0. The fourth-order valence-corrected chi connectivity index (χ4v) is 2.68. The summed E-state index contributed by atoms with van der Waals surface area (Å²) in [5.41, 5.74) is 0. The second-order valence-corrected chi connectivity index (χ2v) is 4.59. The van der Waals surface area contributed by atoms with Gasteiger partial charge in [0.25, 0.3) is 0 Å². The highest BCUT2D eigenvalue weighted by Crippen LogP contribution is 2.32. The maximum atomic E-state index is 9.30. The molecule has 2 atom stereocenters. The van der Waals surface area contributed by atoms with Gasteiger partial charge in [0.2, 0.25) is 0 Å². The van der Waals surface area contributed by atoms with Crippen LogP contribution in [0.2, 0.25) is 0 Å². The van der Waals surface area contributed by atoms with Gasteiger partial charge in [-0.05, 0) is 25.7 Å². The molecule has 1 aromatic heterocycles. The van der Waals surface area contributed by atoms with Crippen LogP contribution in [-0.4, -0.2) is 33.1 Å². The van der Waals surface area contributed by atoms with Crippen molar-refractivity contribution in [3.05, 3.63) is 11.6 Å². The Kier molecular flexibility index (Phi) is 2.65. The van der Waals surface area contributed by atoms with Gasteiger partial charge in [-0.15, -0.1) is 10.2 Å². The van der Waals surface area contributed by atoms with Gasteiger partial charge in [0, 0.05) is 19.1 Å². The predicted molar refractivity (Wildman–Crippen MR) is 57.0 cm³/mol. The zero-order chi connectivity index (χ0) is 11.0. The molecule has 1 saturated heterocycles. The van der Waals surface area contributed by atoms with Crippen molar-refractivity contribution in [2.24, 2.45) is 0 Å². The lowest BCUT2D eigenvalue weighted by Gasteiger charge is -2.22. The molecule has 0 amide bonds. The van der Waals surface area contributed by atoms with Crippen LogP contribution in [0.1, 0.15) is 49.4 Å². The first-order chi connectivity index (χ1) is 7.90. The van der Waals surface area contributed by atoms with Gasteiger partial charge in [-0.1, -0.05) is 0 Å². The van der Waals surface area contributed by atoms with Crippen LogP contribution in [0.3, 0.4) is 0 Å². The van der Waals surface area contributed by atoms with E-state index in [1.54, 1.807) is 0 Å². The summed E-state index contributed by atoms with van der Waals surface area (Å²) in [4.78, 5) is 0. The van der Waals surface area contributed by atoms with Crippen LogP contribution in [0.25, 0.3) is 0 Å². The van der Waals surface area contributed by atoms with Gasteiger partial charge in [0.15, 0.2) is 5.82 Å². The fraction of sp³-hybridized carbons (Fsp3) is 0.818. The third-order valence-corrected chi connectivity index (χ3v) is 3.55. The van der Waals surface area contributed by atoms with Gasteiger partial charge in [-0.3, -0.25) is 0 Å². The Morgan fingerprint density at radius 1 is 1.25 bits per heavy atom. The van der Waals surface area contributed by atoms with Crippen molar-refractivity contribution in [2.45, 2.75) is 44.2 Å². The molecule has 0 saturated carbocycles. The molecule has 3 rings (SSSR count). The molecule has 3 heterocycles. The molecule has 0 radical (unpaired) electrons. The molecule has 1 aromatic rings. The number of nitrogens with zero attached hydrogens (tertiary/aromatic N) is 3. The van der Waals surface area contributed by atoms with Crippen LogP contribution in [0, 0.1) is 0 Å². The Morgan fingerprint density at radius 2 is 2.12 bits per heavy atom. The maximum Gasteiger partial charge on any atom is 0.162 e. The number of rotatable bonds is 2. The first-order valence-electron chi connectivity index (χ1n) is 6.05. The van der Waals surface area contributed by atoms with E-state index in [2.05, 4.69) is 14.8 Å². The molecule has 1 fully saturated rings. The lowest BCUT2D eigenvalue weighted by molar-refractivity contribution is 0.100. The summed E-state index contributed by atoms with van der Waals surface area (Å²) in [6.45, 7) is 1.97. The van der Waals surface area contributed by atoms with Gasteiger partial charge in [-0.25, -0.2) is 0 Å². The van der Waals surface area contributed by atoms with Gasteiger partial charge >= 0.3 is 0 Å². The number of hydrogen-bond acceptors (Lipinski definition) is 4. The number of fused-ring (bicyclic) bond motifs is 1. The summed E-state index contributed by atoms with van der Waals surface area (Å²) < 4.78 is 7.80. The average Bonchev–Trinajstić information content (AvgIpc) is 2.96. The number of aliphatic hydroxyl groups is 1. The highest BCUT2D eigenvalue weighted by molar-refractivity contribution is 5.07. The molecule has 2 unspecified atom stereocenters. The minimum absolute atomic E-state index is 0.124. The molecule has 2 aliphatic heterocycles. The lowest BCUT2D eigenvalue weighted by atomic mass is 10.00. The van der Waals surface area contributed by atoms with Gasteiger partial charge in [0.05, 0.1) is 6.61 Å². The van der Waals surface area contributed by atoms with E-state index in [0.29, 0.717) is 0 Å². The Morgan fingerprint density at radius 3 is 2.88 bits per heavy atom. The fourth-order valence-electron chi connectivity index (χ4n) is 2.68. The van der Waals surface area contributed by atoms with E-state index in [9.17, 15) is 5.11 Å². The monoisotopic (exact) mass is 223 g/mol. The Labute approximate surface area is 94.4 Å². The molecule has 5 heteroatoms. The minimum Gasteiger partial charge on any atom is -0.396 e. The van der Waals surface area contributed by atoms with Crippen molar-refractivity contribution >= 4 is 0 Å². The number of aromatic nitrogens is 3. The normalized spacial score (nSPS) is 29.3. The summed E-state index contributed by atoms with van der Waals surface area (Å²) in [7, 11) is 0. The molecule has 16 heavy (non-hydrogen) atoms. The molecule has 2 aliphatic rings. The van der Waals surface area contributed by atoms with E-state index >= 15 is 0 Å². The van der Waals surface area contributed by atoms with E-state index in [1.165, 1.54) is 0 Å². The summed E-state index contributed by atoms with van der Waals surface area (Å²) in [5, 5.41) is 17.8. The van der Waals surface area contributed by atoms with Gasteiger partial charge in [-0.2, -0.15) is 0 Å². The quantitative estimate of drug-likeness (QED) is 0.812. The van der Waals surface area contributed by atoms with Crippen molar-refractivity contribution in [3.8, 4) is 0 Å². The lowest BCUT2D eigenvalue weighted by Crippen LogP contribution is -2.21. The highest BCUT2D eigenvalue weighted by atomic mass is 16.5. The van der Waals surface area contributed by atoms with Gasteiger partial charge < -0.3 is 14.4 Å². The van der Waals surface area contributed by atoms with Gasteiger partial charge in [0.1, 0.15) is 11.9 Å². The van der Waals surface area contributed by atoms with E-state index in [4.69, 9.17) is 4.74 Å². The summed E-state index contributed by atoms with van der Waals surface area (Å²) in [5.74, 6) is 2.07. The third kappa shape index (κ3) is 1.55. The topological polar surface area (TPSA) is 60.2 Å². The van der Waals surface area contributed by atoms with Crippen LogP contribution in [0.4, 0.5) is 0 Å². The second-order valence-electron chi connectivity index (χ2n) is 4.59.